The number of nitrogens with one attached hydrogen (secondary N) is 1. The summed E-state index contributed by atoms with van der Waals surface area (Å²) < 4.78 is 0. The predicted molar refractivity (Wildman–Crippen MR) is 68.2 cm³/mol. The second kappa shape index (κ2) is 6.75. The van der Waals surface area contributed by atoms with E-state index in [1.807, 2.05) is 24.3 Å². The Morgan fingerprint density at radius 2 is 2.00 bits per heavy atom. The molecule has 17 heavy (non-hydrogen) atoms. The van der Waals surface area contributed by atoms with Crippen molar-refractivity contribution in [2.45, 2.75) is 11.8 Å². The Balaban J connectivity index is 2.45. The van der Waals surface area contributed by atoms with Crippen LogP contribution in [0.1, 0.15) is 6.92 Å². The average Bonchev–Trinajstić information content (AvgIpc) is 2.25. The standard InChI is InChI=1S/C12H13NO3S/c1-9(14)13-10-4-6-11(7-5-10)17-8-2-3-12(15)16/h2-7H,8H2,1H3,(H,13,14)(H,15,16)/b3-2+. The van der Waals surface area contributed by atoms with Crippen molar-refractivity contribution in [2.24, 2.45) is 0 Å². The van der Waals surface area contributed by atoms with Gasteiger partial charge in [0.25, 0.3) is 0 Å². The first-order valence-corrected chi connectivity index (χ1v) is 5.96. The lowest BCUT2D eigenvalue weighted by Crippen LogP contribution is -2.05. The maximum absolute atomic E-state index is 10.8. The quantitative estimate of drug-likeness (QED) is 0.623. The number of hydrogen-bond acceptors (Lipinski definition) is 3. The number of benzene rings is 1. The lowest BCUT2D eigenvalue weighted by molar-refractivity contribution is -0.131. The highest BCUT2D eigenvalue weighted by molar-refractivity contribution is 7.99. The monoisotopic (exact) mass is 251 g/mol. The van der Waals surface area contributed by atoms with Crippen LogP contribution in [0.15, 0.2) is 41.3 Å². The topological polar surface area (TPSA) is 66.4 Å². The number of hydrogen-bond donors (Lipinski definition) is 2. The van der Waals surface area contributed by atoms with Crippen LogP contribution in [-0.2, 0) is 9.59 Å². The van der Waals surface area contributed by atoms with E-state index >= 15 is 0 Å². The molecule has 0 bridgehead atoms. The minimum Gasteiger partial charge on any atom is -0.478 e. The highest BCUT2D eigenvalue weighted by Crippen LogP contribution is 2.20. The van der Waals surface area contributed by atoms with E-state index in [4.69, 9.17) is 5.11 Å². The zero-order valence-corrected chi connectivity index (χ0v) is 10.2. The molecule has 1 amide bonds. The molecular weight excluding hydrogens is 238 g/mol. The van der Waals surface area contributed by atoms with Gasteiger partial charge in [-0.3, -0.25) is 4.79 Å². The summed E-state index contributed by atoms with van der Waals surface area (Å²) in [6, 6.07) is 7.38. The zero-order chi connectivity index (χ0) is 12.7. The number of aliphatic carboxylic acids is 1. The molecule has 0 unspecified atom stereocenters. The molecule has 0 aliphatic rings. The van der Waals surface area contributed by atoms with Gasteiger partial charge in [0.1, 0.15) is 0 Å². The molecule has 0 aliphatic carbocycles. The summed E-state index contributed by atoms with van der Waals surface area (Å²) in [6.45, 7) is 1.46. The van der Waals surface area contributed by atoms with E-state index in [0.717, 1.165) is 16.7 Å². The van der Waals surface area contributed by atoms with Crippen LogP contribution >= 0.6 is 11.8 Å². The molecule has 0 saturated carbocycles. The summed E-state index contributed by atoms with van der Waals surface area (Å²) in [6.07, 6.45) is 2.72. The number of carbonyl (C=O) groups is 2. The fraction of sp³-hybridized carbons (Fsp3) is 0.167. The van der Waals surface area contributed by atoms with E-state index in [1.54, 1.807) is 6.08 Å². The predicted octanol–water partition coefficient (Wildman–Crippen LogP) is 2.38. The maximum Gasteiger partial charge on any atom is 0.328 e. The smallest absolute Gasteiger partial charge is 0.328 e. The Morgan fingerprint density at radius 3 is 2.53 bits per heavy atom. The van der Waals surface area contributed by atoms with Crippen molar-refractivity contribution >= 4 is 29.3 Å². The van der Waals surface area contributed by atoms with Crippen molar-refractivity contribution in [1.29, 1.82) is 0 Å². The maximum atomic E-state index is 10.8. The molecule has 0 spiro atoms. The molecule has 1 aromatic carbocycles. The van der Waals surface area contributed by atoms with E-state index in [9.17, 15) is 9.59 Å². The van der Waals surface area contributed by atoms with Gasteiger partial charge in [-0.1, -0.05) is 6.08 Å². The molecule has 1 rings (SSSR count). The van der Waals surface area contributed by atoms with Crippen LogP contribution in [0.5, 0.6) is 0 Å². The lowest BCUT2D eigenvalue weighted by atomic mass is 10.3. The Bertz CT molecular complexity index is 426. The summed E-state index contributed by atoms with van der Waals surface area (Å²) in [5, 5.41) is 11.1. The summed E-state index contributed by atoms with van der Waals surface area (Å²) in [5.41, 5.74) is 0.753. The molecule has 0 radical (unpaired) electrons. The first kappa shape index (κ1) is 13.3. The SMILES string of the molecule is CC(=O)Nc1ccc(SC/C=C/C(=O)O)cc1. The number of thioether (sulfide) groups is 1. The minimum atomic E-state index is -0.938. The van der Waals surface area contributed by atoms with Gasteiger partial charge >= 0.3 is 5.97 Å². The third kappa shape index (κ3) is 5.77. The third-order valence-electron chi connectivity index (χ3n) is 1.78. The second-order valence-electron chi connectivity index (χ2n) is 3.26. The number of carboxylic acids is 1. The Morgan fingerprint density at radius 1 is 1.35 bits per heavy atom. The van der Waals surface area contributed by atoms with Crippen LogP contribution in [0.3, 0.4) is 0 Å². The van der Waals surface area contributed by atoms with Crippen LogP contribution in [0.25, 0.3) is 0 Å². The van der Waals surface area contributed by atoms with E-state index < -0.39 is 5.97 Å². The Labute approximate surface area is 104 Å². The minimum absolute atomic E-state index is 0.102. The molecule has 0 aliphatic heterocycles. The molecule has 0 atom stereocenters. The van der Waals surface area contributed by atoms with Crippen molar-refractivity contribution in [3.05, 3.63) is 36.4 Å². The van der Waals surface area contributed by atoms with Gasteiger partial charge in [-0.05, 0) is 24.3 Å². The number of rotatable bonds is 5. The molecule has 90 valence electrons. The lowest BCUT2D eigenvalue weighted by Gasteiger charge is -2.03. The van der Waals surface area contributed by atoms with Gasteiger partial charge < -0.3 is 10.4 Å². The van der Waals surface area contributed by atoms with E-state index in [-0.39, 0.29) is 5.91 Å². The van der Waals surface area contributed by atoms with Gasteiger partial charge in [0.05, 0.1) is 0 Å². The largest absolute Gasteiger partial charge is 0.478 e. The van der Waals surface area contributed by atoms with Crippen molar-refractivity contribution in [1.82, 2.24) is 0 Å². The fourth-order valence-electron chi connectivity index (χ4n) is 1.13. The number of amides is 1. The van der Waals surface area contributed by atoms with Crippen LogP contribution < -0.4 is 5.32 Å². The van der Waals surface area contributed by atoms with Crippen LogP contribution in [0, 0.1) is 0 Å². The van der Waals surface area contributed by atoms with Gasteiger partial charge in [0.15, 0.2) is 0 Å². The zero-order valence-electron chi connectivity index (χ0n) is 9.34. The third-order valence-corrected chi connectivity index (χ3v) is 2.75. The van der Waals surface area contributed by atoms with Crippen LogP contribution in [0.4, 0.5) is 5.69 Å². The Kier molecular flexibility index (Phi) is 5.29. The van der Waals surface area contributed by atoms with Crippen molar-refractivity contribution in [3.63, 3.8) is 0 Å². The van der Waals surface area contributed by atoms with E-state index in [1.165, 1.54) is 18.7 Å². The molecule has 0 fully saturated rings. The van der Waals surface area contributed by atoms with Gasteiger partial charge in [0.2, 0.25) is 5.91 Å². The van der Waals surface area contributed by atoms with E-state index in [0.29, 0.717) is 5.75 Å². The van der Waals surface area contributed by atoms with Gasteiger partial charge in [0, 0.05) is 29.3 Å². The molecule has 4 nitrogen and oxygen atoms in total. The second-order valence-corrected chi connectivity index (χ2v) is 4.35. The summed E-state index contributed by atoms with van der Waals surface area (Å²) in [7, 11) is 0. The summed E-state index contributed by atoms with van der Waals surface area (Å²) >= 11 is 1.53. The van der Waals surface area contributed by atoms with E-state index in [2.05, 4.69) is 5.32 Å². The molecular formula is C12H13NO3S. The fourth-order valence-corrected chi connectivity index (χ4v) is 1.84. The molecule has 0 heterocycles. The van der Waals surface area contributed by atoms with Gasteiger partial charge in [-0.15, -0.1) is 11.8 Å². The summed E-state index contributed by atoms with van der Waals surface area (Å²) in [5.74, 6) is -0.437. The summed E-state index contributed by atoms with van der Waals surface area (Å²) in [4.78, 5) is 22.0. The Hall–Kier alpha value is -1.75. The molecule has 0 aromatic heterocycles. The number of carboxylic acid groups (broad SMARTS) is 1. The van der Waals surface area contributed by atoms with Crippen LogP contribution in [0.2, 0.25) is 0 Å². The van der Waals surface area contributed by atoms with Crippen molar-refractivity contribution in [2.75, 3.05) is 11.1 Å². The van der Waals surface area contributed by atoms with Crippen molar-refractivity contribution in [3.8, 4) is 0 Å². The van der Waals surface area contributed by atoms with Gasteiger partial charge in [-0.25, -0.2) is 4.79 Å². The normalized spacial score (nSPS) is 10.4. The molecule has 2 N–H and O–H groups in total. The number of carbonyl (C=O) groups excluding carboxylic acids is 1. The van der Waals surface area contributed by atoms with Crippen LogP contribution in [-0.4, -0.2) is 22.7 Å². The molecule has 0 saturated heterocycles. The highest BCUT2D eigenvalue weighted by Gasteiger charge is 1.96. The van der Waals surface area contributed by atoms with Gasteiger partial charge in [-0.2, -0.15) is 0 Å². The first-order valence-electron chi connectivity index (χ1n) is 4.98. The highest BCUT2D eigenvalue weighted by atomic mass is 32.2. The first-order chi connectivity index (χ1) is 8.08. The molecule has 1 aromatic rings. The molecule has 5 heteroatoms. The average molecular weight is 251 g/mol. The number of anilines is 1. The van der Waals surface area contributed by atoms with Crippen molar-refractivity contribution < 1.29 is 14.7 Å².